The molecular formula is C17H18ClNO5. The molecule has 0 amide bonds. The highest BCUT2D eigenvalue weighted by Crippen LogP contribution is 2.59. The van der Waals surface area contributed by atoms with Crippen LogP contribution in [0.15, 0.2) is 18.2 Å². The predicted octanol–water partition coefficient (Wildman–Crippen LogP) is 3.49. The fourth-order valence-corrected chi connectivity index (χ4v) is 5.48. The molecule has 1 aromatic rings. The lowest BCUT2D eigenvalue weighted by Gasteiger charge is -2.59. The molecule has 4 aliphatic carbocycles. The van der Waals surface area contributed by atoms with Crippen LogP contribution in [0.5, 0.6) is 0 Å². The summed E-state index contributed by atoms with van der Waals surface area (Å²) in [4.78, 5) is 23.0. The molecule has 128 valence electrons. The Kier molecular flexibility index (Phi) is 3.41. The molecule has 7 heteroatoms. The van der Waals surface area contributed by atoms with Gasteiger partial charge in [0.1, 0.15) is 5.60 Å². The molecule has 0 aromatic heterocycles. The van der Waals surface area contributed by atoms with E-state index in [1.807, 2.05) is 0 Å². The Balaban J connectivity index is 1.61. The number of esters is 1. The van der Waals surface area contributed by atoms with Gasteiger partial charge in [-0.2, -0.15) is 0 Å². The molecule has 6 nitrogen and oxygen atoms in total. The average molecular weight is 352 g/mol. The molecule has 4 aliphatic rings. The number of ether oxygens (including phenoxy) is 1. The van der Waals surface area contributed by atoms with Crippen molar-refractivity contribution < 1.29 is 19.6 Å². The zero-order valence-corrected chi connectivity index (χ0v) is 13.8. The number of hydrogen-bond donors (Lipinski definition) is 1. The van der Waals surface area contributed by atoms with Gasteiger partial charge in [-0.05, 0) is 50.0 Å². The Morgan fingerprint density at radius 1 is 1.29 bits per heavy atom. The van der Waals surface area contributed by atoms with Crippen LogP contribution in [0.4, 0.5) is 5.69 Å². The van der Waals surface area contributed by atoms with Crippen molar-refractivity contribution in [1.82, 2.24) is 0 Å². The number of nitro benzene ring substituents is 1. The van der Waals surface area contributed by atoms with Gasteiger partial charge in [0, 0.05) is 18.6 Å². The Hall–Kier alpha value is -1.66. The first-order chi connectivity index (χ1) is 11.3. The summed E-state index contributed by atoms with van der Waals surface area (Å²) in [5.74, 6) is 0.114. The number of carbonyl (C=O) groups is 1. The Morgan fingerprint density at radius 3 is 2.54 bits per heavy atom. The van der Waals surface area contributed by atoms with Crippen LogP contribution in [0.2, 0.25) is 5.02 Å². The van der Waals surface area contributed by atoms with Crippen LogP contribution in [0.1, 0.15) is 48.9 Å². The van der Waals surface area contributed by atoms with Crippen molar-refractivity contribution in [2.45, 2.75) is 49.7 Å². The van der Waals surface area contributed by atoms with E-state index in [2.05, 4.69) is 0 Å². The van der Waals surface area contributed by atoms with Crippen molar-refractivity contribution in [3.8, 4) is 0 Å². The molecule has 4 bridgehead atoms. The van der Waals surface area contributed by atoms with E-state index in [0.29, 0.717) is 18.3 Å². The summed E-state index contributed by atoms with van der Waals surface area (Å²) in [5.41, 5.74) is -1.59. The van der Waals surface area contributed by atoms with Crippen molar-refractivity contribution in [2.24, 2.45) is 11.8 Å². The lowest BCUT2D eigenvalue weighted by atomic mass is 9.52. The quantitative estimate of drug-likeness (QED) is 0.511. The molecule has 4 fully saturated rings. The zero-order valence-electron chi connectivity index (χ0n) is 13.0. The van der Waals surface area contributed by atoms with E-state index in [1.165, 1.54) is 12.1 Å². The van der Waals surface area contributed by atoms with Crippen LogP contribution >= 0.6 is 11.6 Å². The average Bonchev–Trinajstić information content (AvgIpc) is 2.43. The summed E-state index contributed by atoms with van der Waals surface area (Å²) in [6, 6.07) is 3.75. The summed E-state index contributed by atoms with van der Waals surface area (Å²) in [6.07, 6.45) is 4.60. The Labute approximate surface area is 143 Å². The maximum Gasteiger partial charge on any atom is 0.340 e. The normalized spacial score (nSPS) is 36.6. The monoisotopic (exact) mass is 351 g/mol. The summed E-state index contributed by atoms with van der Waals surface area (Å²) in [5, 5.41) is 21.8. The second-order valence-corrected chi connectivity index (χ2v) is 8.09. The number of nitrogens with zero attached hydrogens (tertiary/aromatic N) is 1. The number of benzene rings is 1. The summed E-state index contributed by atoms with van der Waals surface area (Å²) in [7, 11) is 0. The van der Waals surface area contributed by atoms with E-state index in [4.69, 9.17) is 16.3 Å². The van der Waals surface area contributed by atoms with Crippen LogP contribution in [0, 0.1) is 22.0 Å². The lowest BCUT2D eigenvalue weighted by Crippen LogP contribution is -2.60. The molecule has 1 N–H and O–H groups in total. The van der Waals surface area contributed by atoms with Crippen molar-refractivity contribution in [2.75, 3.05) is 0 Å². The molecule has 0 saturated heterocycles. The van der Waals surface area contributed by atoms with Crippen LogP contribution in [-0.4, -0.2) is 27.2 Å². The van der Waals surface area contributed by atoms with Gasteiger partial charge in [-0.1, -0.05) is 11.6 Å². The second-order valence-electron chi connectivity index (χ2n) is 7.68. The maximum absolute atomic E-state index is 12.6. The predicted molar refractivity (Wildman–Crippen MR) is 85.9 cm³/mol. The minimum Gasteiger partial charge on any atom is -0.455 e. The summed E-state index contributed by atoms with van der Waals surface area (Å²) < 4.78 is 5.81. The van der Waals surface area contributed by atoms with Crippen molar-refractivity contribution in [3.63, 3.8) is 0 Å². The molecule has 5 rings (SSSR count). The molecular weight excluding hydrogens is 334 g/mol. The third-order valence-corrected chi connectivity index (χ3v) is 6.00. The first-order valence-corrected chi connectivity index (χ1v) is 8.55. The SMILES string of the molecule is O=C(OC12CC3CC(CC(O)(C3)C1)C2)c1cc([N+](=O)[O-])ccc1Cl. The van der Waals surface area contributed by atoms with Gasteiger partial charge in [0.2, 0.25) is 0 Å². The topological polar surface area (TPSA) is 89.7 Å². The van der Waals surface area contributed by atoms with Gasteiger partial charge in [0.15, 0.2) is 0 Å². The highest BCUT2D eigenvalue weighted by molar-refractivity contribution is 6.33. The van der Waals surface area contributed by atoms with Gasteiger partial charge in [0.25, 0.3) is 5.69 Å². The van der Waals surface area contributed by atoms with Gasteiger partial charge in [-0.3, -0.25) is 10.1 Å². The second kappa shape index (κ2) is 5.17. The number of nitro groups is 1. The molecule has 0 spiro atoms. The number of hydrogen-bond acceptors (Lipinski definition) is 5. The largest absolute Gasteiger partial charge is 0.455 e. The van der Waals surface area contributed by atoms with Crippen LogP contribution in [-0.2, 0) is 4.74 Å². The first-order valence-electron chi connectivity index (χ1n) is 8.17. The summed E-state index contributed by atoms with van der Waals surface area (Å²) >= 11 is 6.04. The first kappa shape index (κ1) is 15.8. The minimum atomic E-state index is -0.739. The molecule has 0 aliphatic heterocycles. The van der Waals surface area contributed by atoms with Gasteiger partial charge < -0.3 is 9.84 Å². The van der Waals surface area contributed by atoms with E-state index in [9.17, 15) is 20.0 Å². The van der Waals surface area contributed by atoms with E-state index in [1.54, 1.807) is 0 Å². The molecule has 1 aromatic carbocycles. The molecule has 0 heterocycles. The minimum absolute atomic E-state index is 0.00796. The Bertz CT molecular complexity index is 720. The van der Waals surface area contributed by atoms with Gasteiger partial charge >= 0.3 is 5.97 Å². The highest BCUT2D eigenvalue weighted by atomic mass is 35.5. The van der Waals surface area contributed by atoms with Gasteiger partial charge in [-0.25, -0.2) is 4.79 Å². The number of aliphatic hydroxyl groups is 1. The number of rotatable bonds is 3. The van der Waals surface area contributed by atoms with E-state index in [0.717, 1.165) is 38.2 Å². The smallest absolute Gasteiger partial charge is 0.340 e. The summed E-state index contributed by atoms with van der Waals surface area (Å²) in [6.45, 7) is 0. The highest BCUT2D eigenvalue weighted by Gasteiger charge is 2.59. The molecule has 24 heavy (non-hydrogen) atoms. The third kappa shape index (κ3) is 2.58. The fourth-order valence-electron chi connectivity index (χ4n) is 5.29. The maximum atomic E-state index is 12.6. The Morgan fingerprint density at radius 2 is 1.96 bits per heavy atom. The fraction of sp³-hybridized carbons (Fsp3) is 0.588. The van der Waals surface area contributed by atoms with Crippen molar-refractivity contribution in [1.29, 1.82) is 0 Å². The van der Waals surface area contributed by atoms with Crippen LogP contribution in [0.25, 0.3) is 0 Å². The molecule has 4 saturated carbocycles. The number of carbonyl (C=O) groups excluding carboxylic acids is 1. The van der Waals surface area contributed by atoms with Crippen LogP contribution < -0.4 is 0 Å². The van der Waals surface area contributed by atoms with E-state index in [-0.39, 0.29) is 16.3 Å². The van der Waals surface area contributed by atoms with E-state index >= 15 is 0 Å². The van der Waals surface area contributed by atoms with Gasteiger partial charge in [-0.15, -0.1) is 0 Å². The van der Waals surface area contributed by atoms with Crippen LogP contribution in [0.3, 0.4) is 0 Å². The lowest BCUT2D eigenvalue weighted by molar-refractivity contribution is -0.384. The molecule has 2 atom stereocenters. The zero-order chi connectivity index (χ0) is 17.1. The van der Waals surface area contributed by atoms with E-state index < -0.39 is 22.1 Å². The number of halogens is 1. The van der Waals surface area contributed by atoms with Crippen molar-refractivity contribution in [3.05, 3.63) is 38.9 Å². The molecule has 0 radical (unpaired) electrons. The number of non-ortho nitro benzene ring substituents is 1. The third-order valence-electron chi connectivity index (χ3n) is 5.67. The standard InChI is InChI=1S/C17H18ClNO5/c18-14-2-1-12(19(22)23)4-13(14)15(20)24-17-7-10-3-11(8-17)6-16(21,5-10)9-17/h1-2,4,10-11,21H,3,5-9H2. The van der Waals surface area contributed by atoms with Crippen molar-refractivity contribution >= 4 is 23.3 Å². The molecule has 2 unspecified atom stereocenters. The van der Waals surface area contributed by atoms with Gasteiger partial charge in [0.05, 0.1) is 21.1 Å².